The zero-order valence-electron chi connectivity index (χ0n) is 12.9. The first-order valence-corrected chi connectivity index (χ1v) is 7.24. The molecule has 0 unspecified atom stereocenters. The van der Waals surface area contributed by atoms with Crippen LogP contribution < -0.4 is 0 Å². The lowest BCUT2D eigenvalue weighted by molar-refractivity contribution is -0.134. The molecule has 3 rings (SSSR count). The van der Waals surface area contributed by atoms with Gasteiger partial charge < -0.3 is 9.88 Å². The van der Waals surface area contributed by atoms with Gasteiger partial charge in [-0.2, -0.15) is 5.10 Å². The number of aromatic nitrogens is 5. The van der Waals surface area contributed by atoms with E-state index in [2.05, 4.69) is 20.1 Å². The second-order valence-corrected chi connectivity index (χ2v) is 5.56. The number of H-pyrrole nitrogens is 1. The van der Waals surface area contributed by atoms with Gasteiger partial charge in [-0.3, -0.25) is 9.48 Å². The van der Waals surface area contributed by atoms with Crippen molar-refractivity contribution >= 4 is 16.9 Å². The van der Waals surface area contributed by atoms with Gasteiger partial charge in [-0.15, -0.1) is 0 Å². The lowest BCUT2D eigenvalue weighted by atomic mass is 10.1. The van der Waals surface area contributed by atoms with E-state index in [4.69, 9.17) is 0 Å². The molecule has 2 heterocycles. The molecule has 23 heavy (non-hydrogen) atoms. The third kappa shape index (κ3) is 3.36. The molecule has 1 aromatic carbocycles. The van der Waals surface area contributed by atoms with Crippen molar-refractivity contribution < 1.29 is 9.18 Å². The molecule has 3 aromatic rings. The quantitative estimate of drug-likeness (QED) is 0.775. The topological polar surface area (TPSA) is 79.7 Å². The van der Waals surface area contributed by atoms with Crippen LogP contribution in [-0.4, -0.2) is 42.6 Å². The van der Waals surface area contributed by atoms with E-state index in [-0.39, 0.29) is 17.6 Å². The monoisotopic (exact) mass is 316 g/mol. The van der Waals surface area contributed by atoms with Gasteiger partial charge in [-0.05, 0) is 18.2 Å². The number of hydrogen-bond acceptors (Lipinski definition) is 4. The number of imidazole rings is 1. The number of hydrogen-bond donors (Lipinski definition) is 1. The summed E-state index contributed by atoms with van der Waals surface area (Å²) in [4.78, 5) is 25.3. The first-order valence-electron chi connectivity index (χ1n) is 7.24. The van der Waals surface area contributed by atoms with Gasteiger partial charge in [0, 0.05) is 7.05 Å². The van der Waals surface area contributed by atoms with Crippen LogP contribution in [-0.2, 0) is 17.9 Å². The van der Waals surface area contributed by atoms with Crippen LogP contribution in [0.2, 0.25) is 0 Å². The van der Waals surface area contributed by atoms with Crippen molar-refractivity contribution in [2.24, 2.45) is 5.92 Å². The van der Waals surface area contributed by atoms with Crippen molar-refractivity contribution in [1.82, 2.24) is 29.6 Å². The summed E-state index contributed by atoms with van der Waals surface area (Å²) >= 11 is 0. The molecule has 1 amide bonds. The highest BCUT2D eigenvalue weighted by Gasteiger charge is 2.19. The lowest BCUT2D eigenvalue weighted by Gasteiger charge is -2.20. The van der Waals surface area contributed by atoms with Crippen molar-refractivity contribution in [3.8, 4) is 0 Å². The Morgan fingerprint density at radius 2 is 2.30 bits per heavy atom. The molecule has 7 nitrogen and oxygen atoms in total. The van der Waals surface area contributed by atoms with Crippen molar-refractivity contribution in [3.05, 3.63) is 42.5 Å². The van der Waals surface area contributed by atoms with Crippen LogP contribution in [0.25, 0.3) is 11.0 Å². The molecule has 0 fully saturated rings. The maximum atomic E-state index is 13.2. The van der Waals surface area contributed by atoms with Crippen molar-refractivity contribution in [1.29, 1.82) is 0 Å². The number of nitrogens with one attached hydrogen (secondary N) is 1. The normalized spacial score (nSPS) is 12.5. The van der Waals surface area contributed by atoms with Gasteiger partial charge in [-0.25, -0.2) is 14.4 Å². The summed E-state index contributed by atoms with van der Waals surface area (Å²) in [6.07, 6.45) is 3.02. The zero-order chi connectivity index (χ0) is 16.4. The summed E-state index contributed by atoms with van der Waals surface area (Å²) in [7, 11) is 1.72. The number of halogens is 1. The van der Waals surface area contributed by atoms with E-state index in [9.17, 15) is 9.18 Å². The number of rotatable bonds is 5. The SMILES string of the molecule is C[C@@H](Cn1cncn1)C(=O)N(C)Cc1nc2ccc(F)cc2[nH]1. The first kappa shape index (κ1) is 15.1. The smallest absolute Gasteiger partial charge is 0.227 e. The van der Waals surface area contributed by atoms with Crippen LogP contribution in [0.1, 0.15) is 12.7 Å². The fourth-order valence-electron chi connectivity index (χ4n) is 2.47. The van der Waals surface area contributed by atoms with Crippen LogP contribution >= 0.6 is 0 Å². The molecule has 120 valence electrons. The summed E-state index contributed by atoms with van der Waals surface area (Å²) in [5.41, 5.74) is 1.30. The fourth-order valence-corrected chi connectivity index (χ4v) is 2.47. The Balaban J connectivity index is 1.66. The molecule has 0 aliphatic carbocycles. The number of carbonyl (C=O) groups is 1. The molecule has 0 saturated heterocycles. The Morgan fingerprint density at radius 1 is 1.48 bits per heavy atom. The van der Waals surface area contributed by atoms with Gasteiger partial charge in [0.1, 0.15) is 24.3 Å². The van der Waals surface area contributed by atoms with Gasteiger partial charge in [0.25, 0.3) is 0 Å². The largest absolute Gasteiger partial charge is 0.340 e. The highest BCUT2D eigenvalue weighted by Crippen LogP contribution is 2.14. The third-order valence-corrected chi connectivity index (χ3v) is 3.61. The maximum absolute atomic E-state index is 13.2. The molecule has 0 aliphatic rings. The van der Waals surface area contributed by atoms with Crippen molar-refractivity contribution in [3.63, 3.8) is 0 Å². The molecular formula is C15H17FN6O. The highest BCUT2D eigenvalue weighted by molar-refractivity contribution is 5.78. The van der Waals surface area contributed by atoms with E-state index in [1.807, 2.05) is 6.92 Å². The van der Waals surface area contributed by atoms with Crippen LogP contribution in [0, 0.1) is 11.7 Å². The average molecular weight is 316 g/mol. The third-order valence-electron chi connectivity index (χ3n) is 3.61. The molecule has 0 saturated carbocycles. The second kappa shape index (κ2) is 6.15. The van der Waals surface area contributed by atoms with E-state index in [0.29, 0.717) is 29.9 Å². The van der Waals surface area contributed by atoms with Gasteiger partial charge >= 0.3 is 0 Å². The minimum absolute atomic E-state index is 0.0212. The maximum Gasteiger partial charge on any atom is 0.227 e. The Morgan fingerprint density at radius 3 is 3.04 bits per heavy atom. The Bertz CT molecular complexity index is 813. The van der Waals surface area contributed by atoms with E-state index in [1.165, 1.54) is 18.5 Å². The zero-order valence-corrected chi connectivity index (χ0v) is 12.9. The number of fused-ring (bicyclic) bond motifs is 1. The van der Waals surface area contributed by atoms with Crippen LogP contribution in [0.3, 0.4) is 0 Å². The Hall–Kier alpha value is -2.77. The minimum atomic E-state index is -0.321. The first-order chi connectivity index (χ1) is 11.0. The lowest BCUT2D eigenvalue weighted by Crippen LogP contribution is -2.33. The van der Waals surface area contributed by atoms with E-state index in [0.717, 1.165) is 0 Å². The van der Waals surface area contributed by atoms with Crippen LogP contribution in [0.5, 0.6) is 0 Å². The Kier molecular flexibility index (Phi) is 4.05. The number of carbonyl (C=O) groups excluding carboxylic acids is 1. The van der Waals surface area contributed by atoms with Crippen LogP contribution in [0.4, 0.5) is 4.39 Å². The van der Waals surface area contributed by atoms with Gasteiger partial charge in [0.2, 0.25) is 5.91 Å². The molecule has 8 heteroatoms. The predicted octanol–water partition coefficient (Wildman–Crippen LogP) is 1.59. The van der Waals surface area contributed by atoms with Crippen LogP contribution in [0.15, 0.2) is 30.9 Å². The van der Waals surface area contributed by atoms with E-state index < -0.39 is 0 Å². The summed E-state index contributed by atoms with van der Waals surface area (Å²) in [6.45, 7) is 2.64. The Labute approximate surface area is 132 Å². The average Bonchev–Trinajstić information content (AvgIpc) is 3.14. The molecular weight excluding hydrogens is 299 g/mol. The number of nitrogens with zero attached hydrogens (tertiary/aromatic N) is 5. The predicted molar refractivity (Wildman–Crippen MR) is 81.7 cm³/mol. The molecule has 0 spiro atoms. The summed E-state index contributed by atoms with van der Waals surface area (Å²) in [5, 5.41) is 4.00. The van der Waals surface area contributed by atoms with Gasteiger partial charge in [0.05, 0.1) is 30.0 Å². The highest BCUT2D eigenvalue weighted by atomic mass is 19.1. The number of benzene rings is 1. The standard InChI is InChI=1S/C15H17FN6O/c1-10(6-22-9-17-8-18-22)15(23)21(2)7-14-19-12-4-3-11(16)5-13(12)20-14/h3-5,8-10H,6-7H2,1-2H3,(H,19,20)/t10-/m0/s1. The van der Waals surface area contributed by atoms with Gasteiger partial charge in [0.15, 0.2) is 0 Å². The van der Waals surface area contributed by atoms with E-state index >= 15 is 0 Å². The molecule has 1 atom stereocenters. The number of amides is 1. The minimum Gasteiger partial charge on any atom is -0.340 e. The van der Waals surface area contributed by atoms with Crippen molar-refractivity contribution in [2.75, 3.05) is 7.05 Å². The molecule has 1 N–H and O–H groups in total. The summed E-state index contributed by atoms with van der Waals surface area (Å²) in [6, 6.07) is 4.36. The fraction of sp³-hybridized carbons (Fsp3) is 0.333. The summed E-state index contributed by atoms with van der Waals surface area (Å²) < 4.78 is 14.8. The molecule has 0 bridgehead atoms. The van der Waals surface area contributed by atoms with Gasteiger partial charge in [-0.1, -0.05) is 6.92 Å². The molecule has 0 aliphatic heterocycles. The summed E-state index contributed by atoms with van der Waals surface area (Å²) in [5.74, 6) is 0.0450. The molecule has 0 radical (unpaired) electrons. The number of aromatic amines is 1. The second-order valence-electron chi connectivity index (χ2n) is 5.56. The van der Waals surface area contributed by atoms with E-state index in [1.54, 1.807) is 29.0 Å². The molecule has 2 aromatic heterocycles. The van der Waals surface area contributed by atoms with Crippen molar-refractivity contribution in [2.45, 2.75) is 20.0 Å².